The number of rotatable bonds is 6. The predicted molar refractivity (Wildman–Crippen MR) is 119 cm³/mol. The maximum Gasteiger partial charge on any atom is 0.236 e. The zero-order chi connectivity index (χ0) is 20.2. The number of pyridine rings is 1. The van der Waals surface area contributed by atoms with Crippen LogP contribution in [0.15, 0.2) is 52.2 Å². The van der Waals surface area contributed by atoms with E-state index in [0.717, 1.165) is 33.9 Å². The summed E-state index contributed by atoms with van der Waals surface area (Å²) in [5.41, 5.74) is 0.865. The minimum absolute atomic E-state index is 0.134. The van der Waals surface area contributed by atoms with Crippen LogP contribution in [-0.2, 0) is 4.79 Å². The second-order valence-electron chi connectivity index (χ2n) is 6.79. The molecule has 0 saturated heterocycles. The van der Waals surface area contributed by atoms with Crippen molar-refractivity contribution in [2.24, 2.45) is 0 Å². The molecule has 0 aliphatic heterocycles. The van der Waals surface area contributed by atoms with Crippen LogP contribution in [-0.4, -0.2) is 31.4 Å². The maximum atomic E-state index is 12.4. The molecule has 150 valence electrons. The molecule has 1 aromatic carbocycles. The highest BCUT2D eigenvalue weighted by Crippen LogP contribution is 2.38. The normalized spacial score (nSPS) is 14.3. The maximum absolute atomic E-state index is 12.4. The van der Waals surface area contributed by atoms with E-state index in [0.29, 0.717) is 16.9 Å². The van der Waals surface area contributed by atoms with Crippen molar-refractivity contribution in [1.82, 2.24) is 19.7 Å². The van der Waals surface area contributed by atoms with Crippen LogP contribution in [0.5, 0.6) is 0 Å². The fourth-order valence-corrected chi connectivity index (χ4v) is 4.71. The van der Waals surface area contributed by atoms with E-state index in [9.17, 15) is 4.79 Å². The van der Waals surface area contributed by atoms with Gasteiger partial charge in [0.15, 0.2) is 11.0 Å². The van der Waals surface area contributed by atoms with Crippen molar-refractivity contribution in [2.45, 2.75) is 36.9 Å². The van der Waals surface area contributed by atoms with Gasteiger partial charge in [0.1, 0.15) is 5.82 Å². The van der Waals surface area contributed by atoms with Gasteiger partial charge < -0.3 is 5.32 Å². The van der Waals surface area contributed by atoms with Crippen molar-refractivity contribution in [3.05, 3.63) is 52.1 Å². The summed E-state index contributed by atoms with van der Waals surface area (Å²) in [6.45, 7) is 0. The Balaban J connectivity index is 1.53. The molecule has 1 amide bonds. The summed E-state index contributed by atoms with van der Waals surface area (Å²) in [5.74, 6) is 1.38. The van der Waals surface area contributed by atoms with E-state index >= 15 is 0 Å². The number of anilines is 1. The topological polar surface area (TPSA) is 72.7 Å². The molecule has 6 nitrogen and oxygen atoms in total. The zero-order valence-electron chi connectivity index (χ0n) is 15.5. The van der Waals surface area contributed by atoms with Gasteiger partial charge in [-0.1, -0.05) is 48.3 Å². The number of nitrogens with one attached hydrogen (secondary N) is 1. The number of benzene rings is 1. The first kappa shape index (κ1) is 20.4. The van der Waals surface area contributed by atoms with Crippen LogP contribution in [0.2, 0.25) is 5.02 Å². The second-order valence-corrected chi connectivity index (χ2v) is 9.06. The standard InChI is InChI=1S/C20H19BrClN5OS/c21-13-9-10-17(23-11-13)24-18(28)12-29-20-26-25-19(15-7-3-4-8-16(15)22)27(20)14-5-1-2-6-14/h3-4,7-11,14H,1-2,5-6,12H2,(H,23,24,28). The highest BCUT2D eigenvalue weighted by Gasteiger charge is 2.26. The van der Waals surface area contributed by atoms with Gasteiger partial charge in [-0.15, -0.1) is 10.2 Å². The summed E-state index contributed by atoms with van der Waals surface area (Å²) < 4.78 is 3.02. The van der Waals surface area contributed by atoms with Gasteiger partial charge in [-0.25, -0.2) is 4.98 Å². The Morgan fingerprint density at radius 1 is 1.21 bits per heavy atom. The molecule has 0 atom stereocenters. The Morgan fingerprint density at radius 2 is 2.00 bits per heavy atom. The lowest BCUT2D eigenvalue weighted by Crippen LogP contribution is -2.16. The van der Waals surface area contributed by atoms with E-state index in [2.05, 4.69) is 41.0 Å². The Kier molecular flexibility index (Phi) is 6.52. The summed E-state index contributed by atoms with van der Waals surface area (Å²) in [7, 11) is 0. The molecule has 2 heterocycles. The van der Waals surface area contributed by atoms with Gasteiger partial charge in [-0.05, 0) is 53.0 Å². The molecule has 29 heavy (non-hydrogen) atoms. The van der Waals surface area contributed by atoms with E-state index in [1.807, 2.05) is 30.3 Å². The van der Waals surface area contributed by atoms with Crippen LogP contribution in [0, 0.1) is 0 Å². The van der Waals surface area contributed by atoms with Crippen LogP contribution in [0.4, 0.5) is 5.82 Å². The Morgan fingerprint density at radius 3 is 2.72 bits per heavy atom. The number of carbonyl (C=O) groups is 1. The third kappa shape index (κ3) is 4.82. The van der Waals surface area contributed by atoms with Crippen LogP contribution >= 0.6 is 39.3 Å². The number of thioether (sulfide) groups is 1. The van der Waals surface area contributed by atoms with Gasteiger partial charge >= 0.3 is 0 Å². The molecule has 1 aliphatic carbocycles. The van der Waals surface area contributed by atoms with Crippen molar-refractivity contribution in [1.29, 1.82) is 0 Å². The van der Waals surface area contributed by atoms with Gasteiger partial charge in [-0.3, -0.25) is 9.36 Å². The molecule has 2 aromatic heterocycles. The molecule has 0 bridgehead atoms. The third-order valence-corrected chi connectivity index (χ3v) is 6.54. The molecule has 4 rings (SSSR count). The van der Waals surface area contributed by atoms with Crippen molar-refractivity contribution >= 4 is 51.0 Å². The summed E-state index contributed by atoms with van der Waals surface area (Å²) >= 11 is 11.1. The van der Waals surface area contributed by atoms with Crippen molar-refractivity contribution in [3.63, 3.8) is 0 Å². The van der Waals surface area contributed by atoms with E-state index in [-0.39, 0.29) is 11.7 Å². The van der Waals surface area contributed by atoms with Gasteiger partial charge in [0, 0.05) is 22.3 Å². The fourth-order valence-electron chi connectivity index (χ4n) is 3.45. The Labute approximate surface area is 186 Å². The Bertz CT molecular complexity index is 1000. The Hall–Kier alpha value is -1.90. The first-order chi connectivity index (χ1) is 14.1. The van der Waals surface area contributed by atoms with Crippen LogP contribution in [0.3, 0.4) is 0 Å². The van der Waals surface area contributed by atoms with Crippen molar-refractivity contribution in [3.8, 4) is 11.4 Å². The van der Waals surface area contributed by atoms with Crippen molar-refractivity contribution < 1.29 is 4.79 Å². The minimum atomic E-state index is -0.134. The van der Waals surface area contributed by atoms with Crippen LogP contribution < -0.4 is 5.32 Å². The number of halogens is 2. The summed E-state index contributed by atoms with van der Waals surface area (Å²) in [5, 5.41) is 13.0. The molecule has 3 aromatic rings. The molecule has 1 aliphatic rings. The smallest absolute Gasteiger partial charge is 0.236 e. The summed E-state index contributed by atoms with van der Waals surface area (Å²) in [6.07, 6.45) is 6.18. The molecule has 1 N–H and O–H groups in total. The number of hydrogen-bond acceptors (Lipinski definition) is 5. The first-order valence-corrected chi connectivity index (χ1v) is 11.5. The number of aromatic nitrogens is 4. The lowest BCUT2D eigenvalue weighted by molar-refractivity contribution is -0.113. The minimum Gasteiger partial charge on any atom is -0.310 e. The lowest BCUT2D eigenvalue weighted by Gasteiger charge is -2.17. The van der Waals surface area contributed by atoms with Gasteiger partial charge in [0.2, 0.25) is 5.91 Å². The highest BCUT2D eigenvalue weighted by molar-refractivity contribution is 9.10. The molecule has 0 radical (unpaired) electrons. The SMILES string of the molecule is O=C(CSc1nnc(-c2ccccc2Cl)n1C1CCCC1)Nc1ccc(Br)cn1. The highest BCUT2D eigenvalue weighted by atomic mass is 79.9. The van der Waals surface area contributed by atoms with E-state index in [1.54, 1.807) is 12.3 Å². The van der Waals surface area contributed by atoms with E-state index in [4.69, 9.17) is 11.6 Å². The number of nitrogens with zero attached hydrogens (tertiary/aromatic N) is 4. The largest absolute Gasteiger partial charge is 0.310 e. The average molecular weight is 493 g/mol. The van der Waals surface area contributed by atoms with E-state index in [1.165, 1.54) is 24.6 Å². The number of carbonyl (C=O) groups excluding carboxylic acids is 1. The molecular formula is C20H19BrClN5OS. The molecule has 0 unspecified atom stereocenters. The predicted octanol–water partition coefficient (Wildman–Crippen LogP) is 5.60. The lowest BCUT2D eigenvalue weighted by atomic mass is 10.2. The molecule has 1 fully saturated rings. The summed E-state index contributed by atoms with van der Waals surface area (Å²) in [6, 6.07) is 11.6. The van der Waals surface area contributed by atoms with Crippen LogP contribution in [0.25, 0.3) is 11.4 Å². The van der Waals surface area contributed by atoms with Crippen molar-refractivity contribution in [2.75, 3.05) is 11.1 Å². The van der Waals surface area contributed by atoms with Gasteiger partial charge in [0.25, 0.3) is 0 Å². The zero-order valence-corrected chi connectivity index (χ0v) is 18.7. The molecule has 1 saturated carbocycles. The van der Waals surface area contributed by atoms with Gasteiger partial charge in [0.05, 0.1) is 10.8 Å². The fraction of sp³-hybridized carbons (Fsp3) is 0.300. The first-order valence-electron chi connectivity index (χ1n) is 9.36. The molecule has 0 spiro atoms. The third-order valence-electron chi connectivity index (χ3n) is 4.80. The van der Waals surface area contributed by atoms with E-state index < -0.39 is 0 Å². The molecular weight excluding hydrogens is 474 g/mol. The summed E-state index contributed by atoms with van der Waals surface area (Å²) in [4.78, 5) is 16.5. The number of amides is 1. The second kappa shape index (κ2) is 9.28. The number of hydrogen-bond donors (Lipinski definition) is 1. The average Bonchev–Trinajstić information content (AvgIpc) is 3.38. The molecule has 9 heteroatoms. The van der Waals surface area contributed by atoms with Gasteiger partial charge in [-0.2, -0.15) is 0 Å². The monoisotopic (exact) mass is 491 g/mol. The quantitative estimate of drug-likeness (QED) is 0.453. The van der Waals surface area contributed by atoms with Crippen LogP contribution in [0.1, 0.15) is 31.7 Å².